The molecule has 4 aromatic rings. The number of nitro groups is 1. The molecule has 0 radical (unpaired) electrons. The van der Waals surface area contributed by atoms with Crippen LogP contribution in [0, 0.1) is 10.1 Å². The molecule has 4 N–H and O–H groups in total. The molecule has 0 aromatic carbocycles. The largest absolute Gasteiger partial charge is 0.469 e. The lowest BCUT2D eigenvalue weighted by atomic mass is 10.1. The maximum atomic E-state index is 11.5. The van der Waals surface area contributed by atoms with Crippen LogP contribution in [-0.2, 0) is 19.4 Å². The van der Waals surface area contributed by atoms with Crippen molar-refractivity contribution in [3.8, 4) is 0 Å². The number of nitrogens with zero attached hydrogens (tertiary/aromatic N) is 3. The molecule has 160 valence electrons. The lowest BCUT2D eigenvalue weighted by molar-refractivity contribution is -0.383. The van der Waals surface area contributed by atoms with E-state index in [-0.39, 0.29) is 30.2 Å². The van der Waals surface area contributed by atoms with E-state index < -0.39 is 10.6 Å². The Labute approximate surface area is 176 Å². The highest BCUT2D eigenvalue weighted by Gasteiger charge is 2.24. The van der Waals surface area contributed by atoms with Crippen LogP contribution < -0.4 is 16.4 Å². The van der Waals surface area contributed by atoms with E-state index in [0.717, 1.165) is 11.5 Å². The minimum absolute atomic E-state index is 0.00820. The highest BCUT2D eigenvalue weighted by Crippen LogP contribution is 2.30. The lowest BCUT2D eigenvalue weighted by Crippen LogP contribution is -2.26. The summed E-state index contributed by atoms with van der Waals surface area (Å²) in [5.41, 5.74) is 5.49. The van der Waals surface area contributed by atoms with Gasteiger partial charge < -0.3 is 29.6 Å². The smallest absolute Gasteiger partial charge is 0.353 e. The molecule has 0 spiro atoms. The summed E-state index contributed by atoms with van der Waals surface area (Å²) in [6, 6.07) is 10.6. The van der Waals surface area contributed by atoms with E-state index in [9.17, 15) is 10.1 Å². The number of nitrogens with two attached hydrogens (primary N) is 1. The monoisotopic (exact) mass is 424 g/mol. The second-order valence-electron chi connectivity index (χ2n) is 6.73. The summed E-state index contributed by atoms with van der Waals surface area (Å²) in [6.07, 6.45) is 5.74. The first-order chi connectivity index (χ1) is 15.1. The summed E-state index contributed by atoms with van der Waals surface area (Å²) in [5, 5.41) is 17.6. The van der Waals surface area contributed by atoms with Crippen molar-refractivity contribution in [1.29, 1.82) is 0 Å². The quantitative estimate of drug-likeness (QED) is 0.253. The zero-order valence-electron chi connectivity index (χ0n) is 16.4. The summed E-state index contributed by atoms with van der Waals surface area (Å²) in [5.74, 6) is 2.00. The Morgan fingerprint density at radius 2 is 1.55 bits per heavy atom. The predicted molar refractivity (Wildman–Crippen MR) is 111 cm³/mol. The van der Waals surface area contributed by atoms with E-state index in [2.05, 4.69) is 20.6 Å². The minimum atomic E-state index is -0.618. The maximum Gasteiger partial charge on any atom is 0.353 e. The number of rotatable bonds is 10. The molecule has 0 aliphatic carbocycles. The molecule has 0 saturated carbocycles. The molecule has 0 bridgehead atoms. The molecule has 0 saturated heterocycles. The molecule has 4 rings (SSSR count). The number of nitrogens with one attached hydrogen (secondary N) is 2. The Morgan fingerprint density at radius 3 is 2.06 bits per heavy atom. The molecular formula is C20H20N6O5. The molecule has 11 heteroatoms. The van der Waals surface area contributed by atoms with Gasteiger partial charge in [-0.1, -0.05) is 0 Å². The van der Waals surface area contributed by atoms with Crippen molar-refractivity contribution in [2.75, 3.05) is 16.4 Å². The third-order valence-electron chi connectivity index (χ3n) is 4.49. The van der Waals surface area contributed by atoms with Crippen LogP contribution in [0.1, 0.15) is 17.3 Å². The van der Waals surface area contributed by atoms with Crippen molar-refractivity contribution >= 4 is 23.3 Å². The van der Waals surface area contributed by atoms with Crippen LogP contribution in [-0.4, -0.2) is 20.9 Å². The van der Waals surface area contributed by atoms with Crippen LogP contribution in [0.4, 0.5) is 23.3 Å². The van der Waals surface area contributed by atoms with Gasteiger partial charge in [-0.05, 0) is 36.4 Å². The first kappa shape index (κ1) is 20.0. The number of hydrogen-bond donors (Lipinski definition) is 3. The topological polar surface area (TPSA) is 158 Å². The molecule has 4 heterocycles. The van der Waals surface area contributed by atoms with E-state index >= 15 is 0 Å². The molecule has 0 aliphatic rings. The van der Waals surface area contributed by atoms with Crippen molar-refractivity contribution in [3.63, 3.8) is 0 Å². The van der Waals surface area contributed by atoms with Gasteiger partial charge in [-0.2, -0.15) is 9.97 Å². The number of hydrogen-bond acceptors (Lipinski definition) is 10. The Hall–Kier alpha value is -4.28. The van der Waals surface area contributed by atoms with E-state index in [1.165, 1.54) is 6.26 Å². The Balaban J connectivity index is 1.58. The van der Waals surface area contributed by atoms with Gasteiger partial charge in [0.1, 0.15) is 17.3 Å². The average molecular weight is 424 g/mol. The number of nitrogen functional groups attached to an aromatic ring is 1. The average Bonchev–Trinajstić information content (AvgIpc) is 3.49. The molecule has 31 heavy (non-hydrogen) atoms. The summed E-state index contributed by atoms with van der Waals surface area (Å²) < 4.78 is 16.2. The highest BCUT2D eigenvalue weighted by molar-refractivity contribution is 5.69. The van der Waals surface area contributed by atoms with Gasteiger partial charge >= 0.3 is 5.69 Å². The SMILES string of the molecule is Nc1nc(NC(Cc2ccco2)Cc2ccco2)nc(NCc2ccco2)c1[N+](=O)[O-]. The van der Waals surface area contributed by atoms with Gasteiger partial charge in [-0.15, -0.1) is 0 Å². The van der Waals surface area contributed by atoms with Gasteiger partial charge in [0.15, 0.2) is 0 Å². The molecule has 0 atom stereocenters. The van der Waals surface area contributed by atoms with Crippen LogP contribution in [0.2, 0.25) is 0 Å². The van der Waals surface area contributed by atoms with Crippen molar-refractivity contribution in [3.05, 3.63) is 82.6 Å². The van der Waals surface area contributed by atoms with E-state index in [4.69, 9.17) is 19.0 Å². The van der Waals surface area contributed by atoms with Crippen LogP contribution in [0.3, 0.4) is 0 Å². The summed E-state index contributed by atoms with van der Waals surface area (Å²) in [7, 11) is 0. The standard InChI is InChI=1S/C20H20N6O5/c21-18-17(26(27)28)19(22-12-16-6-3-9-31-16)25-20(24-18)23-13(10-14-4-1-7-29-14)11-15-5-2-8-30-15/h1-9,13H,10-12H2,(H4,21,22,23,24,25). The van der Waals surface area contributed by atoms with Crippen molar-refractivity contribution < 1.29 is 18.2 Å². The molecule has 0 amide bonds. The molecule has 0 unspecified atom stereocenters. The maximum absolute atomic E-state index is 11.5. The zero-order valence-corrected chi connectivity index (χ0v) is 16.4. The van der Waals surface area contributed by atoms with Crippen molar-refractivity contribution in [2.45, 2.75) is 25.4 Å². The fourth-order valence-corrected chi connectivity index (χ4v) is 3.12. The summed E-state index contributed by atoms with van der Waals surface area (Å²) in [6.45, 7) is 0.200. The highest BCUT2D eigenvalue weighted by atomic mass is 16.6. The van der Waals surface area contributed by atoms with E-state index in [0.29, 0.717) is 18.6 Å². The van der Waals surface area contributed by atoms with Gasteiger partial charge in [-0.25, -0.2) is 0 Å². The van der Waals surface area contributed by atoms with E-state index in [1.807, 2.05) is 12.1 Å². The molecule has 11 nitrogen and oxygen atoms in total. The van der Waals surface area contributed by atoms with Gasteiger partial charge in [0.05, 0.1) is 30.3 Å². The fourth-order valence-electron chi connectivity index (χ4n) is 3.12. The number of aromatic nitrogens is 2. The van der Waals surface area contributed by atoms with Gasteiger partial charge in [0.25, 0.3) is 0 Å². The second kappa shape index (κ2) is 9.03. The predicted octanol–water partition coefficient (Wildman–Crippen LogP) is 3.62. The number of anilines is 3. The third-order valence-corrected chi connectivity index (χ3v) is 4.49. The van der Waals surface area contributed by atoms with Crippen molar-refractivity contribution in [2.24, 2.45) is 0 Å². The van der Waals surface area contributed by atoms with Crippen molar-refractivity contribution in [1.82, 2.24) is 9.97 Å². The Kier molecular flexibility index (Phi) is 5.83. The van der Waals surface area contributed by atoms with Gasteiger partial charge in [0.2, 0.25) is 17.6 Å². The Bertz CT molecular complexity index is 1070. The summed E-state index contributed by atoms with van der Waals surface area (Å²) >= 11 is 0. The van der Waals surface area contributed by atoms with Crippen LogP contribution >= 0.6 is 0 Å². The van der Waals surface area contributed by atoms with Crippen LogP contribution in [0.5, 0.6) is 0 Å². The first-order valence-electron chi connectivity index (χ1n) is 9.48. The van der Waals surface area contributed by atoms with Crippen LogP contribution in [0.15, 0.2) is 68.4 Å². The van der Waals surface area contributed by atoms with Gasteiger partial charge in [-0.3, -0.25) is 10.1 Å². The first-order valence-corrected chi connectivity index (χ1v) is 9.48. The zero-order chi connectivity index (χ0) is 21.6. The lowest BCUT2D eigenvalue weighted by Gasteiger charge is -2.18. The number of furan rings is 3. The van der Waals surface area contributed by atoms with Gasteiger partial charge in [0, 0.05) is 18.9 Å². The van der Waals surface area contributed by atoms with E-state index in [1.54, 1.807) is 36.8 Å². The fraction of sp³-hybridized carbons (Fsp3) is 0.200. The third kappa shape index (κ3) is 5.01. The molecular weight excluding hydrogens is 404 g/mol. The van der Waals surface area contributed by atoms with Crippen LogP contribution in [0.25, 0.3) is 0 Å². The molecule has 4 aromatic heterocycles. The second-order valence-corrected chi connectivity index (χ2v) is 6.73. The summed E-state index contributed by atoms with van der Waals surface area (Å²) in [4.78, 5) is 19.3. The minimum Gasteiger partial charge on any atom is -0.469 e. The molecule has 0 aliphatic heterocycles. The Morgan fingerprint density at radius 1 is 0.968 bits per heavy atom. The normalized spacial score (nSPS) is 11.0. The molecule has 0 fully saturated rings.